The molecule has 3 rings (SSSR count). The summed E-state index contributed by atoms with van der Waals surface area (Å²) in [6.45, 7) is 4.95. The van der Waals surface area contributed by atoms with E-state index in [1.165, 1.54) is 19.2 Å². The molecule has 2 aromatic rings. The number of amides is 2. The molecule has 32 heavy (non-hydrogen) atoms. The molecule has 8 nitrogen and oxygen atoms in total. The van der Waals surface area contributed by atoms with E-state index in [1.54, 1.807) is 36.4 Å². The summed E-state index contributed by atoms with van der Waals surface area (Å²) in [7, 11) is -2.33. The van der Waals surface area contributed by atoms with E-state index < -0.39 is 10.0 Å². The summed E-state index contributed by atoms with van der Waals surface area (Å²) in [6, 6.07) is 12.4. The molecular formula is C23H29N3O5S. The highest BCUT2D eigenvalue weighted by Crippen LogP contribution is 2.20. The molecule has 0 saturated carbocycles. The smallest absolute Gasteiger partial charge is 0.261 e. The lowest BCUT2D eigenvalue weighted by molar-refractivity contribution is -0.135. The SMILES string of the molecule is COc1ccc(NS(=O)(=O)c2cccc(C(=O)NC3CCN(C(=O)C(C)C)CC3)c2)cc1. The molecule has 1 fully saturated rings. The van der Waals surface area contributed by atoms with Gasteiger partial charge in [-0.3, -0.25) is 14.3 Å². The highest BCUT2D eigenvalue weighted by Gasteiger charge is 2.25. The van der Waals surface area contributed by atoms with Gasteiger partial charge in [-0.2, -0.15) is 0 Å². The van der Waals surface area contributed by atoms with Gasteiger partial charge >= 0.3 is 0 Å². The molecule has 2 N–H and O–H groups in total. The van der Waals surface area contributed by atoms with Gasteiger partial charge in [-0.1, -0.05) is 19.9 Å². The fourth-order valence-electron chi connectivity index (χ4n) is 3.56. The predicted octanol–water partition coefficient (Wildman–Crippen LogP) is 2.87. The van der Waals surface area contributed by atoms with Crippen LogP contribution in [0.4, 0.5) is 5.69 Å². The van der Waals surface area contributed by atoms with Crippen molar-refractivity contribution < 1.29 is 22.7 Å². The van der Waals surface area contributed by atoms with Crippen LogP contribution in [0.2, 0.25) is 0 Å². The number of rotatable bonds is 7. The Hall–Kier alpha value is -3.07. The van der Waals surface area contributed by atoms with E-state index >= 15 is 0 Å². The second-order valence-corrected chi connectivity index (χ2v) is 9.77. The molecule has 0 spiro atoms. The lowest BCUT2D eigenvalue weighted by atomic mass is 10.0. The zero-order chi connectivity index (χ0) is 23.3. The second-order valence-electron chi connectivity index (χ2n) is 8.09. The molecule has 0 atom stereocenters. The Labute approximate surface area is 189 Å². The highest BCUT2D eigenvalue weighted by atomic mass is 32.2. The number of anilines is 1. The third-order valence-electron chi connectivity index (χ3n) is 5.38. The third-order valence-corrected chi connectivity index (χ3v) is 6.76. The topological polar surface area (TPSA) is 105 Å². The lowest BCUT2D eigenvalue weighted by Crippen LogP contribution is -2.47. The first kappa shape index (κ1) is 23.6. The average Bonchev–Trinajstić information content (AvgIpc) is 2.79. The summed E-state index contributed by atoms with van der Waals surface area (Å²) in [5, 5.41) is 2.96. The highest BCUT2D eigenvalue weighted by molar-refractivity contribution is 7.92. The minimum atomic E-state index is -3.86. The van der Waals surface area contributed by atoms with Crippen molar-refractivity contribution in [1.82, 2.24) is 10.2 Å². The van der Waals surface area contributed by atoms with Crippen molar-refractivity contribution in [2.45, 2.75) is 37.6 Å². The number of likely N-dealkylation sites (tertiary alicyclic amines) is 1. The fourth-order valence-corrected chi connectivity index (χ4v) is 4.66. The van der Waals surface area contributed by atoms with Gasteiger partial charge in [0, 0.05) is 36.3 Å². The Kier molecular flexibility index (Phi) is 7.40. The van der Waals surface area contributed by atoms with E-state index in [9.17, 15) is 18.0 Å². The number of ether oxygens (including phenoxy) is 1. The lowest BCUT2D eigenvalue weighted by Gasteiger charge is -2.33. The molecule has 1 heterocycles. The van der Waals surface area contributed by atoms with Crippen LogP contribution in [0, 0.1) is 5.92 Å². The normalized spacial score (nSPS) is 14.8. The van der Waals surface area contributed by atoms with Crippen molar-refractivity contribution >= 4 is 27.5 Å². The second kappa shape index (κ2) is 10.0. The quantitative estimate of drug-likeness (QED) is 0.663. The van der Waals surface area contributed by atoms with Crippen molar-refractivity contribution in [1.29, 1.82) is 0 Å². The molecule has 2 aromatic carbocycles. The van der Waals surface area contributed by atoms with Crippen molar-refractivity contribution in [3.05, 3.63) is 54.1 Å². The van der Waals surface area contributed by atoms with Crippen molar-refractivity contribution in [2.24, 2.45) is 5.92 Å². The summed E-state index contributed by atoms with van der Waals surface area (Å²) >= 11 is 0. The number of benzene rings is 2. The number of nitrogens with zero attached hydrogens (tertiary/aromatic N) is 1. The van der Waals surface area contributed by atoms with Gasteiger partial charge in [0.15, 0.2) is 0 Å². The molecule has 1 aliphatic heterocycles. The molecule has 0 bridgehead atoms. The van der Waals surface area contributed by atoms with Gasteiger partial charge in [0.25, 0.3) is 15.9 Å². The molecule has 0 radical (unpaired) electrons. The largest absolute Gasteiger partial charge is 0.497 e. The van der Waals surface area contributed by atoms with Crippen LogP contribution in [0.5, 0.6) is 5.75 Å². The number of sulfonamides is 1. The van der Waals surface area contributed by atoms with E-state index in [4.69, 9.17) is 4.74 Å². The third kappa shape index (κ3) is 5.79. The van der Waals surface area contributed by atoms with Crippen LogP contribution >= 0.6 is 0 Å². The van der Waals surface area contributed by atoms with Crippen LogP contribution in [0.25, 0.3) is 0 Å². The van der Waals surface area contributed by atoms with Crippen LogP contribution in [0.15, 0.2) is 53.4 Å². The number of hydrogen-bond acceptors (Lipinski definition) is 5. The van der Waals surface area contributed by atoms with Gasteiger partial charge in [0.05, 0.1) is 12.0 Å². The molecule has 172 valence electrons. The zero-order valence-corrected chi connectivity index (χ0v) is 19.3. The van der Waals surface area contributed by atoms with Gasteiger partial charge in [0.2, 0.25) is 5.91 Å². The molecule has 0 aliphatic carbocycles. The van der Waals surface area contributed by atoms with Crippen LogP contribution in [0.3, 0.4) is 0 Å². The maximum absolute atomic E-state index is 12.8. The maximum Gasteiger partial charge on any atom is 0.261 e. The zero-order valence-electron chi connectivity index (χ0n) is 18.5. The fraction of sp³-hybridized carbons (Fsp3) is 0.391. The monoisotopic (exact) mass is 459 g/mol. The van der Waals surface area contributed by atoms with Crippen LogP contribution in [-0.4, -0.2) is 51.4 Å². The standard InChI is InChI=1S/C23H29N3O5S/c1-16(2)23(28)26-13-11-18(12-14-26)24-22(27)17-5-4-6-21(15-17)32(29,30)25-19-7-9-20(31-3)10-8-19/h4-10,15-16,18,25H,11-14H2,1-3H3,(H,24,27). The number of carbonyl (C=O) groups is 2. The number of hydrogen-bond donors (Lipinski definition) is 2. The molecule has 2 amide bonds. The predicted molar refractivity (Wildman–Crippen MR) is 122 cm³/mol. The molecule has 0 aromatic heterocycles. The van der Waals surface area contributed by atoms with E-state index in [0.29, 0.717) is 37.4 Å². The van der Waals surface area contributed by atoms with Crippen LogP contribution in [0.1, 0.15) is 37.0 Å². The summed E-state index contributed by atoms with van der Waals surface area (Å²) in [5.74, 6) is 0.362. The minimum absolute atomic E-state index is 0.00156. The Balaban J connectivity index is 1.63. The Morgan fingerprint density at radius 1 is 1.06 bits per heavy atom. The van der Waals surface area contributed by atoms with Crippen molar-refractivity contribution in [3.63, 3.8) is 0 Å². The maximum atomic E-state index is 12.8. The summed E-state index contributed by atoms with van der Waals surface area (Å²) < 4.78 is 33.1. The first-order valence-corrected chi connectivity index (χ1v) is 12.0. The first-order chi connectivity index (χ1) is 15.2. The molecule has 0 unspecified atom stereocenters. The average molecular weight is 460 g/mol. The van der Waals surface area contributed by atoms with Crippen molar-refractivity contribution in [2.75, 3.05) is 24.9 Å². The van der Waals surface area contributed by atoms with Gasteiger partial charge in [-0.15, -0.1) is 0 Å². The first-order valence-electron chi connectivity index (χ1n) is 10.6. The molecular weight excluding hydrogens is 430 g/mol. The summed E-state index contributed by atoms with van der Waals surface area (Å²) in [4.78, 5) is 26.7. The molecule has 9 heteroatoms. The van der Waals surface area contributed by atoms with Crippen LogP contribution in [-0.2, 0) is 14.8 Å². The number of piperidine rings is 1. The van der Waals surface area contributed by atoms with Gasteiger partial charge in [-0.05, 0) is 55.3 Å². The Morgan fingerprint density at radius 3 is 2.31 bits per heavy atom. The van der Waals surface area contributed by atoms with Gasteiger partial charge in [-0.25, -0.2) is 8.42 Å². The molecule has 1 aliphatic rings. The number of methoxy groups -OCH3 is 1. The number of carbonyl (C=O) groups excluding carboxylic acids is 2. The van der Waals surface area contributed by atoms with Crippen LogP contribution < -0.4 is 14.8 Å². The van der Waals surface area contributed by atoms with Gasteiger partial charge in [0.1, 0.15) is 5.75 Å². The van der Waals surface area contributed by atoms with E-state index in [2.05, 4.69) is 10.0 Å². The van der Waals surface area contributed by atoms with E-state index in [-0.39, 0.29) is 34.2 Å². The van der Waals surface area contributed by atoms with Crippen molar-refractivity contribution in [3.8, 4) is 5.75 Å². The van der Waals surface area contributed by atoms with E-state index in [1.807, 2.05) is 18.7 Å². The molecule has 1 saturated heterocycles. The summed E-state index contributed by atoms with van der Waals surface area (Å²) in [5.41, 5.74) is 0.659. The van der Waals surface area contributed by atoms with Gasteiger partial charge < -0.3 is 15.0 Å². The number of nitrogens with one attached hydrogen (secondary N) is 2. The van der Waals surface area contributed by atoms with E-state index in [0.717, 1.165) is 0 Å². The summed E-state index contributed by atoms with van der Waals surface area (Å²) in [6.07, 6.45) is 1.34. The Morgan fingerprint density at radius 2 is 1.72 bits per heavy atom. The Bertz CT molecular complexity index is 1060. The minimum Gasteiger partial charge on any atom is -0.497 e.